The maximum Gasteiger partial charge on any atom is 0.267 e. The van der Waals surface area contributed by atoms with Gasteiger partial charge >= 0.3 is 0 Å². The van der Waals surface area contributed by atoms with Crippen LogP contribution in [0.5, 0.6) is 0 Å². The van der Waals surface area contributed by atoms with Gasteiger partial charge in [0.05, 0.1) is 25.1 Å². The second-order valence-corrected chi connectivity index (χ2v) is 6.20. The molecule has 0 aliphatic carbocycles. The summed E-state index contributed by atoms with van der Waals surface area (Å²) >= 11 is 0. The highest BCUT2D eigenvalue weighted by molar-refractivity contribution is 7.86. The van der Waals surface area contributed by atoms with Crippen LogP contribution in [0.15, 0.2) is 30.3 Å². The molecule has 0 bridgehead atoms. The van der Waals surface area contributed by atoms with Crippen LogP contribution >= 0.6 is 0 Å². The van der Waals surface area contributed by atoms with Gasteiger partial charge in [-0.1, -0.05) is 30.3 Å². The van der Waals surface area contributed by atoms with Crippen LogP contribution in [0.1, 0.15) is 11.9 Å². The number of ether oxygens (including phenoxy) is 2. The van der Waals surface area contributed by atoms with E-state index in [2.05, 4.69) is 0 Å². The highest BCUT2D eigenvalue weighted by Crippen LogP contribution is 2.32. The molecule has 2 aliphatic heterocycles. The third-order valence-electron chi connectivity index (χ3n) is 3.19. The molecule has 2 aliphatic rings. The van der Waals surface area contributed by atoms with Crippen LogP contribution in [-0.4, -0.2) is 33.5 Å². The summed E-state index contributed by atoms with van der Waals surface area (Å²) in [6, 6.07) is 9.59. The SMILES string of the molecule is O=S1(=O)CC2COC(c3ccccc3)O[C@@H]2CO1. The van der Waals surface area contributed by atoms with Crippen molar-refractivity contribution in [3.8, 4) is 0 Å². The molecular formula is C12H14O5S. The van der Waals surface area contributed by atoms with E-state index >= 15 is 0 Å². The lowest BCUT2D eigenvalue weighted by molar-refractivity contribution is -0.246. The molecule has 0 N–H and O–H groups in total. The maximum atomic E-state index is 11.3. The van der Waals surface area contributed by atoms with Gasteiger partial charge in [-0.2, -0.15) is 8.42 Å². The van der Waals surface area contributed by atoms with Crippen molar-refractivity contribution in [2.75, 3.05) is 19.0 Å². The Morgan fingerprint density at radius 1 is 1.11 bits per heavy atom. The second kappa shape index (κ2) is 4.62. The molecule has 3 atom stereocenters. The number of hydrogen-bond donors (Lipinski definition) is 0. The van der Waals surface area contributed by atoms with Crippen LogP contribution in [0, 0.1) is 5.92 Å². The van der Waals surface area contributed by atoms with Gasteiger partial charge in [-0.15, -0.1) is 0 Å². The largest absolute Gasteiger partial charge is 0.348 e. The topological polar surface area (TPSA) is 61.8 Å². The van der Waals surface area contributed by atoms with Gasteiger partial charge in [0.15, 0.2) is 6.29 Å². The molecule has 3 rings (SSSR count). The molecule has 2 saturated heterocycles. The van der Waals surface area contributed by atoms with Crippen molar-refractivity contribution in [3.05, 3.63) is 35.9 Å². The van der Waals surface area contributed by atoms with E-state index in [0.717, 1.165) is 5.56 Å². The highest BCUT2D eigenvalue weighted by Gasteiger charge is 2.40. The molecule has 0 amide bonds. The van der Waals surface area contributed by atoms with E-state index in [1.807, 2.05) is 30.3 Å². The van der Waals surface area contributed by atoms with E-state index in [4.69, 9.17) is 13.7 Å². The Kier molecular flexibility index (Phi) is 3.11. The standard InChI is InChI=1S/C12H14O5S/c13-18(14)8-10-6-15-12(17-11(10)7-16-18)9-4-2-1-3-5-9/h1-5,10-12H,6-8H2/t10?,11-,12?/m1/s1. The van der Waals surface area contributed by atoms with Crippen molar-refractivity contribution in [1.29, 1.82) is 0 Å². The number of hydrogen-bond acceptors (Lipinski definition) is 5. The summed E-state index contributed by atoms with van der Waals surface area (Å²) < 4.78 is 38.8. The van der Waals surface area contributed by atoms with Crippen molar-refractivity contribution in [1.82, 2.24) is 0 Å². The lowest BCUT2D eigenvalue weighted by Crippen LogP contribution is -2.47. The van der Waals surface area contributed by atoms with Crippen LogP contribution in [0.3, 0.4) is 0 Å². The molecule has 6 heteroatoms. The molecule has 2 fully saturated rings. The monoisotopic (exact) mass is 270 g/mol. The minimum absolute atomic E-state index is 0.0286. The molecule has 0 spiro atoms. The first-order valence-electron chi connectivity index (χ1n) is 5.83. The van der Waals surface area contributed by atoms with E-state index < -0.39 is 16.4 Å². The Morgan fingerprint density at radius 2 is 1.89 bits per heavy atom. The predicted octanol–water partition coefficient (Wildman–Crippen LogP) is 1.08. The summed E-state index contributed by atoms with van der Waals surface area (Å²) in [5, 5.41) is 0. The van der Waals surface area contributed by atoms with Gasteiger partial charge in [-0.3, -0.25) is 4.18 Å². The fourth-order valence-electron chi connectivity index (χ4n) is 2.22. The zero-order valence-electron chi connectivity index (χ0n) is 9.69. The first kappa shape index (κ1) is 12.1. The first-order valence-corrected chi connectivity index (χ1v) is 7.41. The van der Waals surface area contributed by atoms with E-state index in [-0.39, 0.29) is 24.4 Å². The van der Waals surface area contributed by atoms with Crippen molar-refractivity contribution in [3.63, 3.8) is 0 Å². The Balaban J connectivity index is 1.72. The molecule has 2 heterocycles. The fourth-order valence-corrected chi connectivity index (χ4v) is 3.50. The quantitative estimate of drug-likeness (QED) is 0.714. The van der Waals surface area contributed by atoms with Gasteiger partial charge in [0.1, 0.15) is 0 Å². The Labute approximate surface area is 106 Å². The molecule has 1 aromatic carbocycles. The second-order valence-electron chi connectivity index (χ2n) is 4.52. The fraction of sp³-hybridized carbons (Fsp3) is 0.500. The molecule has 2 unspecified atom stereocenters. The van der Waals surface area contributed by atoms with Gasteiger partial charge < -0.3 is 9.47 Å². The van der Waals surface area contributed by atoms with Crippen molar-refractivity contribution >= 4 is 10.1 Å². The van der Waals surface area contributed by atoms with Gasteiger partial charge in [-0.05, 0) is 0 Å². The Bertz CT molecular complexity index is 513. The van der Waals surface area contributed by atoms with Gasteiger partial charge in [-0.25, -0.2) is 0 Å². The van der Waals surface area contributed by atoms with E-state index in [0.29, 0.717) is 6.61 Å². The average molecular weight is 270 g/mol. The van der Waals surface area contributed by atoms with Crippen molar-refractivity contribution in [2.45, 2.75) is 12.4 Å². The summed E-state index contributed by atoms with van der Waals surface area (Å²) in [5.41, 5.74) is 0.935. The molecule has 18 heavy (non-hydrogen) atoms. The molecule has 1 aromatic rings. The third-order valence-corrected chi connectivity index (χ3v) is 4.52. The van der Waals surface area contributed by atoms with E-state index in [9.17, 15) is 8.42 Å². The van der Waals surface area contributed by atoms with Crippen LogP contribution < -0.4 is 0 Å². The lowest BCUT2D eigenvalue weighted by Gasteiger charge is -2.38. The number of fused-ring (bicyclic) bond motifs is 1. The van der Waals surface area contributed by atoms with Gasteiger partial charge in [0.25, 0.3) is 10.1 Å². The number of benzene rings is 1. The molecule has 0 radical (unpaired) electrons. The zero-order chi connectivity index (χ0) is 12.6. The Morgan fingerprint density at radius 3 is 2.67 bits per heavy atom. The average Bonchev–Trinajstić information content (AvgIpc) is 2.38. The van der Waals surface area contributed by atoms with Crippen molar-refractivity contribution < 1.29 is 22.1 Å². The van der Waals surface area contributed by atoms with Crippen LogP contribution in [-0.2, 0) is 23.8 Å². The smallest absolute Gasteiger partial charge is 0.267 e. The third kappa shape index (κ3) is 2.42. The summed E-state index contributed by atoms with van der Waals surface area (Å²) in [5.74, 6) is -0.164. The van der Waals surface area contributed by atoms with Crippen LogP contribution in [0.25, 0.3) is 0 Å². The molecule has 5 nitrogen and oxygen atoms in total. The van der Waals surface area contributed by atoms with Crippen LogP contribution in [0.4, 0.5) is 0 Å². The van der Waals surface area contributed by atoms with E-state index in [1.54, 1.807) is 0 Å². The highest BCUT2D eigenvalue weighted by atomic mass is 32.2. The van der Waals surface area contributed by atoms with Gasteiger partial charge in [0.2, 0.25) is 0 Å². The Hall–Kier alpha value is -0.950. The maximum absolute atomic E-state index is 11.3. The zero-order valence-corrected chi connectivity index (χ0v) is 10.5. The normalized spacial score (nSPS) is 34.8. The van der Waals surface area contributed by atoms with Crippen LogP contribution in [0.2, 0.25) is 0 Å². The number of rotatable bonds is 1. The molecule has 98 valence electrons. The first-order chi connectivity index (χ1) is 8.64. The minimum Gasteiger partial charge on any atom is -0.348 e. The van der Waals surface area contributed by atoms with Gasteiger partial charge in [0, 0.05) is 11.5 Å². The molecule has 0 aromatic heterocycles. The van der Waals surface area contributed by atoms with E-state index in [1.165, 1.54) is 0 Å². The summed E-state index contributed by atoms with van der Waals surface area (Å²) in [6.45, 7) is 0.465. The molecular weight excluding hydrogens is 256 g/mol. The summed E-state index contributed by atoms with van der Waals surface area (Å²) in [7, 11) is -3.40. The predicted molar refractivity (Wildman–Crippen MR) is 63.2 cm³/mol. The minimum atomic E-state index is -3.40. The molecule has 0 saturated carbocycles. The van der Waals surface area contributed by atoms with Crippen molar-refractivity contribution in [2.24, 2.45) is 5.92 Å². The summed E-state index contributed by atoms with van der Waals surface area (Å²) in [4.78, 5) is 0. The summed E-state index contributed by atoms with van der Waals surface area (Å²) in [6.07, 6.45) is -0.649. The lowest BCUT2D eigenvalue weighted by atomic mass is 10.0.